The third kappa shape index (κ3) is 2.65. The molecule has 2 aromatic rings. The average Bonchev–Trinajstić information content (AvgIpc) is 3.08. The van der Waals surface area contributed by atoms with Gasteiger partial charge in [-0.05, 0) is 46.7 Å². The van der Waals surface area contributed by atoms with Crippen molar-refractivity contribution in [3.8, 4) is 10.7 Å². The van der Waals surface area contributed by atoms with E-state index in [0.717, 1.165) is 29.1 Å². The van der Waals surface area contributed by atoms with Crippen LogP contribution in [0.1, 0.15) is 30.0 Å². The fourth-order valence-electron chi connectivity index (χ4n) is 3.07. The van der Waals surface area contributed by atoms with Crippen molar-refractivity contribution in [1.82, 2.24) is 19.4 Å². The van der Waals surface area contributed by atoms with Gasteiger partial charge in [0.05, 0.1) is 15.6 Å². The second-order valence-corrected chi connectivity index (χ2v) is 6.86. The highest BCUT2D eigenvalue weighted by molar-refractivity contribution is 7.15. The van der Waals surface area contributed by atoms with Crippen molar-refractivity contribution in [2.75, 3.05) is 13.6 Å². The van der Waals surface area contributed by atoms with Gasteiger partial charge in [-0.25, -0.2) is 9.97 Å². The first-order valence-corrected chi connectivity index (χ1v) is 8.12. The lowest BCUT2D eigenvalue weighted by Crippen LogP contribution is -2.26. The van der Waals surface area contributed by atoms with Gasteiger partial charge in [0.1, 0.15) is 0 Å². The molecular weight excluding hydrogens is 268 g/mol. The zero-order valence-corrected chi connectivity index (χ0v) is 13.3. The minimum Gasteiger partial charge on any atom is -0.330 e. The molecule has 1 aliphatic heterocycles. The molecule has 0 amide bonds. The predicted octanol–water partition coefficient (Wildman–Crippen LogP) is 3.11. The van der Waals surface area contributed by atoms with Gasteiger partial charge in [-0.1, -0.05) is 0 Å². The fourth-order valence-corrected chi connectivity index (χ4v) is 4.00. The fraction of sp³-hybridized carbons (Fsp3) is 0.600. The molecule has 5 heteroatoms. The summed E-state index contributed by atoms with van der Waals surface area (Å²) >= 11 is 1.74. The number of likely N-dealkylation sites (tertiary alicyclic amines) is 1. The van der Waals surface area contributed by atoms with Gasteiger partial charge in [0.25, 0.3) is 0 Å². The molecule has 20 heavy (non-hydrogen) atoms. The Kier molecular flexibility index (Phi) is 3.89. The first-order chi connectivity index (χ1) is 9.65. The van der Waals surface area contributed by atoms with Gasteiger partial charge in [0, 0.05) is 25.0 Å². The van der Waals surface area contributed by atoms with Crippen molar-refractivity contribution in [2.45, 2.75) is 45.7 Å². The van der Waals surface area contributed by atoms with E-state index in [9.17, 15) is 0 Å². The summed E-state index contributed by atoms with van der Waals surface area (Å²) in [6.07, 6.45) is 7.88. The number of thiazole rings is 1. The molecule has 1 atom stereocenters. The van der Waals surface area contributed by atoms with Crippen molar-refractivity contribution in [3.63, 3.8) is 0 Å². The number of hydrogen-bond donors (Lipinski definition) is 0. The van der Waals surface area contributed by atoms with Crippen molar-refractivity contribution in [1.29, 1.82) is 0 Å². The topological polar surface area (TPSA) is 34.0 Å². The molecule has 1 fully saturated rings. The third-order valence-electron chi connectivity index (χ3n) is 4.20. The highest BCUT2D eigenvalue weighted by Gasteiger charge is 2.21. The van der Waals surface area contributed by atoms with E-state index >= 15 is 0 Å². The highest BCUT2D eigenvalue weighted by Crippen LogP contribution is 2.29. The zero-order chi connectivity index (χ0) is 14.1. The van der Waals surface area contributed by atoms with E-state index in [2.05, 4.69) is 46.5 Å². The highest BCUT2D eigenvalue weighted by atomic mass is 32.1. The Balaban J connectivity index is 1.75. The van der Waals surface area contributed by atoms with E-state index in [0.29, 0.717) is 0 Å². The van der Waals surface area contributed by atoms with E-state index in [1.54, 1.807) is 11.3 Å². The number of hydrogen-bond acceptors (Lipinski definition) is 4. The maximum absolute atomic E-state index is 4.54. The lowest BCUT2D eigenvalue weighted by Gasteiger charge is -2.19. The van der Waals surface area contributed by atoms with E-state index in [1.807, 2.05) is 6.20 Å². The predicted molar refractivity (Wildman–Crippen MR) is 83.1 cm³/mol. The number of nitrogens with zero attached hydrogens (tertiary/aromatic N) is 4. The standard InChI is InChI=1S/C15H22N4S/c1-11-14(20-12(2)17-11)15-16-7-10-19(15)9-6-13-5-4-8-18(13)3/h7,10,13H,4-6,8-9H2,1-3H3/t13-/m1/s1. The van der Waals surface area contributed by atoms with Crippen molar-refractivity contribution in [3.05, 3.63) is 23.1 Å². The minimum atomic E-state index is 0.731. The van der Waals surface area contributed by atoms with Crippen LogP contribution in [0.15, 0.2) is 12.4 Å². The van der Waals surface area contributed by atoms with Gasteiger partial charge in [-0.3, -0.25) is 0 Å². The van der Waals surface area contributed by atoms with E-state index in [4.69, 9.17) is 0 Å². The lowest BCUT2D eigenvalue weighted by molar-refractivity contribution is 0.286. The summed E-state index contributed by atoms with van der Waals surface area (Å²) in [5.41, 5.74) is 1.10. The summed E-state index contributed by atoms with van der Waals surface area (Å²) in [6.45, 7) is 6.42. The molecule has 0 saturated carbocycles. The molecule has 0 aliphatic carbocycles. The largest absolute Gasteiger partial charge is 0.330 e. The number of aromatic nitrogens is 3. The van der Waals surface area contributed by atoms with Crippen molar-refractivity contribution in [2.24, 2.45) is 0 Å². The summed E-state index contributed by atoms with van der Waals surface area (Å²) in [5, 5.41) is 1.11. The summed E-state index contributed by atoms with van der Waals surface area (Å²) in [5.74, 6) is 1.08. The summed E-state index contributed by atoms with van der Waals surface area (Å²) in [7, 11) is 2.24. The Morgan fingerprint density at radius 1 is 1.40 bits per heavy atom. The molecular formula is C15H22N4S. The van der Waals surface area contributed by atoms with Gasteiger partial charge in [0.2, 0.25) is 0 Å². The summed E-state index contributed by atoms with van der Waals surface area (Å²) < 4.78 is 2.28. The second kappa shape index (κ2) is 5.66. The third-order valence-corrected chi connectivity index (χ3v) is 5.27. The Hall–Kier alpha value is -1.20. The van der Waals surface area contributed by atoms with Crippen LogP contribution < -0.4 is 0 Å². The molecule has 0 bridgehead atoms. The van der Waals surface area contributed by atoms with Gasteiger partial charge < -0.3 is 9.47 Å². The summed E-state index contributed by atoms with van der Waals surface area (Å²) in [6, 6.07) is 0.731. The van der Waals surface area contributed by atoms with Gasteiger partial charge in [-0.15, -0.1) is 11.3 Å². The quantitative estimate of drug-likeness (QED) is 0.867. The molecule has 0 unspecified atom stereocenters. The lowest BCUT2D eigenvalue weighted by atomic mass is 10.1. The van der Waals surface area contributed by atoms with Gasteiger partial charge in [-0.2, -0.15) is 0 Å². The summed E-state index contributed by atoms with van der Waals surface area (Å²) in [4.78, 5) is 12.8. The number of aryl methyl sites for hydroxylation is 3. The maximum Gasteiger partial charge on any atom is 0.151 e. The Morgan fingerprint density at radius 2 is 2.25 bits per heavy atom. The minimum absolute atomic E-state index is 0.731. The molecule has 4 nitrogen and oxygen atoms in total. The SMILES string of the molecule is Cc1nc(C)c(-c2nccn2CC[C@H]2CCCN2C)s1. The normalized spacial score (nSPS) is 19.9. The van der Waals surface area contributed by atoms with Crippen LogP contribution in [0, 0.1) is 13.8 Å². The van der Waals surface area contributed by atoms with E-state index in [-0.39, 0.29) is 0 Å². The van der Waals surface area contributed by atoms with Crippen LogP contribution >= 0.6 is 11.3 Å². The molecule has 2 aromatic heterocycles. The van der Waals surface area contributed by atoms with E-state index < -0.39 is 0 Å². The van der Waals surface area contributed by atoms with Gasteiger partial charge in [0.15, 0.2) is 5.82 Å². The molecule has 0 radical (unpaired) electrons. The van der Waals surface area contributed by atoms with Crippen LogP contribution in [0.5, 0.6) is 0 Å². The van der Waals surface area contributed by atoms with Crippen LogP contribution in [-0.2, 0) is 6.54 Å². The van der Waals surface area contributed by atoms with Crippen LogP contribution in [0.25, 0.3) is 10.7 Å². The van der Waals surface area contributed by atoms with Crippen LogP contribution in [0.2, 0.25) is 0 Å². The Morgan fingerprint density at radius 3 is 2.90 bits per heavy atom. The zero-order valence-electron chi connectivity index (χ0n) is 12.5. The molecule has 1 saturated heterocycles. The number of imidazole rings is 1. The Bertz CT molecular complexity index is 586. The Labute approximate surface area is 124 Å². The van der Waals surface area contributed by atoms with Gasteiger partial charge >= 0.3 is 0 Å². The molecule has 3 heterocycles. The molecule has 108 valence electrons. The molecule has 0 spiro atoms. The molecule has 0 aromatic carbocycles. The monoisotopic (exact) mass is 290 g/mol. The first kappa shape index (κ1) is 13.8. The van der Waals surface area contributed by atoms with Crippen molar-refractivity contribution < 1.29 is 0 Å². The molecule has 1 aliphatic rings. The second-order valence-electron chi connectivity index (χ2n) is 5.66. The smallest absolute Gasteiger partial charge is 0.151 e. The maximum atomic E-state index is 4.54. The van der Waals surface area contributed by atoms with Crippen LogP contribution in [0.4, 0.5) is 0 Å². The molecule has 0 N–H and O–H groups in total. The average molecular weight is 290 g/mol. The van der Waals surface area contributed by atoms with Crippen LogP contribution in [-0.4, -0.2) is 39.1 Å². The number of rotatable bonds is 4. The van der Waals surface area contributed by atoms with E-state index in [1.165, 1.54) is 30.7 Å². The van der Waals surface area contributed by atoms with Crippen LogP contribution in [0.3, 0.4) is 0 Å². The van der Waals surface area contributed by atoms with Crippen molar-refractivity contribution >= 4 is 11.3 Å². The molecule has 3 rings (SSSR count). The first-order valence-electron chi connectivity index (χ1n) is 7.31.